The zero-order valence-corrected chi connectivity index (χ0v) is 14.9. The highest BCUT2D eigenvalue weighted by Crippen LogP contribution is 2.28. The number of H-pyrrole nitrogens is 1. The molecule has 25 heavy (non-hydrogen) atoms. The summed E-state index contributed by atoms with van der Waals surface area (Å²) in [5, 5.41) is 8.29. The number of hydrogen-bond donors (Lipinski definition) is 1. The molecule has 0 aliphatic heterocycles. The van der Waals surface area contributed by atoms with Crippen molar-refractivity contribution >= 4 is 16.7 Å². The number of pyridine rings is 1. The topological polar surface area (TPSA) is 89.0 Å². The maximum absolute atomic E-state index is 5.68. The Labute approximate surface area is 146 Å². The van der Waals surface area contributed by atoms with Crippen LogP contribution in [0.1, 0.15) is 13.8 Å². The third-order valence-corrected chi connectivity index (χ3v) is 3.70. The van der Waals surface area contributed by atoms with E-state index in [-0.39, 0.29) is 6.10 Å². The van der Waals surface area contributed by atoms with Crippen molar-refractivity contribution in [1.29, 1.82) is 0 Å². The average molecular weight is 342 g/mol. The Kier molecular flexibility index (Phi) is 5.08. The van der Waals surface area contributed by atoms with Crippen molar-refractivity contribution < 1.29 is 9.47 Å². The Bertz CT molecular complexity index is 848. The van der Waals surface area contributed by atoms with Crippen LogP contribution in [0.25, 0.3) is 22.3 Å². The van der Waals surface area contributed by atoms with Crippen LogP contribution in [0.5, 0.6) is 5.88 Å². The summed E-state index contributed by atoms with van der Waals surface area (Å²) in [5.74, 6) is 1.38. The van der Waals surface area contributed by atoms with Crippen LogP contribution in [-0.2, 0) is 4.74 Å². The van der Waals surface area contributed by atoms with E-state index in [0.717, 1.165) is 34.7 Å². The number of hydrogen-bond acceptors (Lipinski definition) is 7. The first-order chi connectivity index (χ1) is 12.1. The molecule has 0 saturated carbocycles. The van der Waals surface area contributed by atoms with Crippen molar-refractivity contribution in [2.45, 2.75) is 20.0 Å². The smallest absolute Gasteiger partial charge is 0.214 e. The van der Waals surface area contributed by atoms with E-state index < -0.39 is 0 Å². The van der Waals surface area contributed by atoms with Crippen molar-refractivity contribution in [3.63, 3.8) is 0 Å². The molecular formula is C17H22N6O2. The van der Waals surface area contributed by atoms with Crippen LogP contribution in [0.15, 0.2) is 24.7 Å². The van der Waals surface area contributed by atoms with Gasteiger partial charge in [-0.25, -0.2) is 15.0 Å². The molecule has 3 heterocycles. The third-order valence-electron chi connectivity index (χ3n) is 3.70. The molecule has 0 amide bonds. The van der Waals surface area contributed by atoms with E-state index in [1.54, 1.807) is 19.6 Å². The molecule has 0 spiro atoms. The first-order valence-electron chi connectivity index (χ1n) is 8.11. The number of aromatic nitrogens is 5. The highest BCUT2D eigenvalue weighted by atomic mass is 16.5. The highest BCUT2D eigenvalue weighted by molar-refractivity contribution is 5.92. The Morgan fingerprint density at radius 3 is 2.80 bits per heavy atom. The van der Waals surface area contributed by atoms with Gasteiger partial charge in [0.05, 0.1) is 30.1 Å². The van der Waals surface area contributed by atoms with Gasteiger partial charge >= 0.3 is 0 Å². The molecule has 0 aromatic carbocycles. The van der Waals surface area contributed by atoms with E-state index in [2.05, 4.69) is 25.1 Å². The van der Waals surface area contributed by atoms with Crippen molar-refractivity contribution in [2.24, 2.45) is 0 Å². The summed E-state index contributed by atoms with van der Waals surface area (Å²) in [4.78, 5) is 15.0. The van der Waals surface area contributed by atoms with E-state index in [9.17, 15) is 0 Å². The number of nitrogens with one attached hydrogen (secondary N) is 1. The largest absolute Gasteiger partial charge is 0.475 e. The molecule has 0 atom stereocenters. The van der Waals surface area contributed by atoms with Crippen LogP contribution < -0.4 is 9.64 Å². The molecule has 0 bridgehead atoms. The molecule has 3 aromatic rings. The molecule has 0 aliphatic carbocycles. The van der Waals surface area contributed by atoms with Gasteiger partial charge in [-0.1, -0.05) is 0 Å². The van der Waals surface area contributed by atoms with Crippen LogP contribution in [0.3, 0.4) is 0 Å². The highest BCUT2D eigenvalue weighted by Gasteiger charge is 2.14. The van der Waals surface area contributed by atoms with Gasteiger partial charge in [-0.2, -0.15) is 5.10 Å². The molecule has 132 valence electrons. The molecule has 8 heteroatoms. The first-order valence-corrected chi connectivity index (χ1v) is 8.11. The molecule has 0 aliphatic rings. The van der Waals surface area contributed by atoms with E-state index in [4.69, 9.17) is 9.47 Å². The van der Waals surface area contributed by atoms with E-state index >= 15 is 0 Å². The lowest BCUT2D eigenvalue weighted by molar-refractivity contribution is 0.206. The molecule has 3 aromatic heterocycles. The summed E-state index contributed by atoms with van der Waals surface area (Å²) in [6.07, 6.45) is 3.32. The molecule has 1 N–H and O–H groups in total. The fourth-order valence-corrected chi connectivity index (χ4v) is 2.43. The summed E-state index contributed by atoms with van der Waals surface area (Å²) in [6.45, 7) is 5.30. The first kappa shape index (κ1) is 17.1. The van der Waals surface area contributed by atoms with E-state index in [1.165, 1.54) is 0 Å². The summed E-state index contributed by atoms with van der Waals surface area (Å²) in [5.41, 5.74) is 2.32. The minimum atomic E-state index is 0.0559. The standard InChI is InChI=1S/C17H22N6O2/c1-11(2)25-16-7-12-14(9-18-16)21-22-17(12)13-8-15(20-10-19-13)23(3)5-6-24-4/h7-11H,5-6H2,1-4H3,(H,21,22). The Morgan fingerprint density at radius 2 is 2.04 bits per heavy atom. The number of anilines is 1. The summed E-state index contributed by atoms with van der Waals surface area (Å²) >= 11 is 0. The molecule has 0 radical (unpaired) electrons. The zero-order chi connectivity index (χ0) is 17.8. The molecule has 3 rings (SSSR count). The monoisotopic (exact) mass is 342 g/mol. The zero-order valence-electron chi connectivity index (χ0n) is 14.9. The Hall–Kier alpha value is -2.74. The van der Waals surface area contributed by atoms with Gasteiger partial charge < -0.3 is 14.4 Å². The van der Waals surface area contributed by atoms with Gasteiger partial charge in [-0.3, -0.25) is 5.10 Å². The van der Waals surface area contributed by atoms with Crippen molar-refractivity contribution in [2.75, 3.05) is 32.2 Å². The van der Waals surface area contributed by atoms with Gasteiger partial charge in [-0.15, -0.1) is 0 Å². The predicted molar refractivity (Wildman–Crippen MR) is 95.8 cm³/mol. The Balaban J connectivity index is 1.95. The summed E-state index contributed by atoms with van der Waals surface area (Å²) in [6, 6.07) is 3.79. The maximum atomic E-state index is 5.68. The van der Waals surface area contributed by atoms with Crippen LogP contribution in [0.2, 0.25) is 0 Å². The lowest BCUT2D eigenvalue weighted by atomic mass is 10.2. The van der Waals surface area contributed by atoms with Gasteiger partial charge in [0.1, 0.15) is 17.8 Å². The lowest BCUT2D eigenvalue weighted by Gasteiger charge is -2.17. The number of fused-ring (bicyclic) bond motifs is 1. The number of methoxy groups -OCH3 is 1. The molecule has 0 fully saturated rings. The lowest BCUT2D eigenvalue weighted by Crippen LogP contribution is -2.23. The van der Waals surface area contributed by atoms with Gasteiger partial charge in [0.2, 0.25) is 5.88 Å². The van der Waals surface area contributed by atoms with Gasteiger partial charge in [0.15, 0.2) is 0 Å². The van der Waals surface area contributed by atoms with Crippen molar-refractivity contribution in [1.82, 2.24) is 25.1 Å². The van der Waals surface area contributed by atoms with Crippen LogP contribution in [-0.4, -0.2) is 58.6 Å². The second kappa shape index (κ2) is 7.43. The number of rotatable bonds is 7. The summed E-state index contributed by atoms with van der Waals surface area (Å²) in [7, 11) is 3.65. The van der Waals surface area contributed by atoms with Crippen LogP contribution >= 0.6 is 0 Å². The van der Waals surface area contributed by atoms with Gasteiger partial charge in [-0.05, 0) is 13.8 Å². The number of aromatic amines is 1. The van der Waals surface area contributed by atoms with Crippen LogP contribution in [0.4, 0.5) is 5.82 Å². The maximum Gasteiger partial charge on any atom is 0.214 e. The SMILES string of the molecule is COCCN(C)c1cc(-c2n[nH]c3cnc(OC(C)C)cc23)ncn1. The van der Waals surface area contributed by atoms with Crippen LogP contribution in [0, 0.1) is 0 Å². The van der Waals surface area contributed by atoms with E-state index in [0.29, 0.717) is 12.5 Å². The number of likely N-dealkylation sites (N-methyl/N-ethyl adjacent to an activating group) is 1. The number of nitrogens with zero attached hydrogens (tertiary/aromatic N) is 5. The average Bonchev–Trinajstić information content (AvgIpc) is 3.02. The van der Waals surface area contributed by atoms with Crippen molar-refractivity contribution in [3.8, 4) is 17.3 Å². The molecular weight excluding hydrogens is 320 g/mol. The molecule has 8 nitrogen and oxygen atoms in total. The minimum absolute atomic E-state index is 0.0559. The predicted octanol–water partition coefficient (Wildman–Crippen LogP) is 2.28. The number of ether oxygens (including phenoxy) is 2. The molecule has 0 saturated heterocycles. The fourth-order valence-electron chi connectivity index (χ4n) is 2.43. The van der Waals surface area contributed by atoms with E-state index in [1.807, 2.05) is 37.9 Å². The minimum Gasteiger partial charge on any atom is -0.475 e. The summed E-state index contributed by atoms with van der Waals surface area (Å²) < 4.78 is 10.8. The second-order valence-corrected chi connectivity index (χ2v) is 5.98. The third kappa shape index (κ3) is 3.85. The quantitative estimate of drug-likeness (QED) is 0.704. The molecule has 0 unspecified atom stereocenters. The normalized spacial score (nSPS) is 11.2. The van der Waals surface area contributed by atoms with Gasteiger partial charge in [0.25, 0.3) is 0 Å². The second-order valence-electron chi connectivity index (χ2n) is 5.98. The Morgan fingerprint density at radius 1 is 1.20 bits per heavy atom. The van der Waals surface area contributed by atoms with Gasteiger partial charge in [0, 0.05) is 38.2 Å². The van der Waals surface area contributed by atoms with Crippen molar-refractivity contribution in [3.05, 3.63) is 24.7 Å². The fraction of sp³-hybridized carbons (Fsp3) is 0.412.